The number of nitrogens with two attached hydrogens (primary N) is 1. The number of hydrogen-bond donors (Lipinski definition) is 1. The summed E-state index contributed by atoms with van der Waals surface area (Å²) in [5.41, 5.74) is 5.98. The standard InChI is InChI=1S/C11H21N3S/c1-4-11(2,3)9-13-10(12)14-5-7-15-8-6-14/h4H,1,5-9H2,2-3H3,(H2,12,13). The van der Waals surface area contributed by atoms with Crippen LogP contribution in [0.1, 0.15) is 13.8 Å². The van der Waals surface area contributed by atoms with Crippen molar-refractivity contribution in [1.82, 2.24) is 4.90 Å². The molecule has 0 spiro atoms. The minimum Gasteiger partial charge on any atom is -0.370 e. The third kappa shape index (κ3) is 4.16. The number of nitrogens with zero attached hydrogens (tertiary/aromatic N) is 2. The summed E-state index contributed by atoms with van der Waals surface area (Å²) >= 11 is 1.98. The molecule has 15 heavy (non-hydrogen) atoms. The molecular weight excluding hydrogens is 206 g/mol. The van der Waals surface area contributed by atoms with Crippen LogP contribution in [0.25, 0.3) is 0 Å². The highest BCUT2D eigenvalue weighted by Crippen LogP contribution is 2.16. The number of aliphatic imine (C=N–C) groups is 1. The fraction of sp³-hybridized carbons (Fsp3) is 0.727. The molecule has 0 unspecified atom stereocenters. The zero-order valence-corrected chi connectivity index (χ0v) is 10.5. The highest BCUT2D eigenvalue weighted by Gasteiger charge is 2.15. The van der Waals surface area contributed by atoms with Gasteiger partial charge >= 0.3 is 0 Å². The Hall–Kier alpha value is -0.640. The second kappa shape index (κ2) is 5.45. The van der Waals surface area contributed by atoms with Gasteiger partial charge in [-0.3, -0.25) is 4.99 Å². The predicted octanol–water partition coefficient (Wildman–Crippen LogP) is 1.56. The van der Waals surface area contributed by atoms with Crippen LogP contribution in [0.2, 0.25) is 0 Å². The van der Waals surface area contributed by atoms with E-state index >= 15 is 0 Å². The summed E-state index contributed by atoms with van der Waals surface area (Å²) < 4.78 is 0. The van der Waals surface area contributed by atoms with Crippen molar-refractivity contribution >= 4 is 17.7 Å². The van der Waals surface area contributed by atoms with Crippen molar-refractivity contribution in [3.05, 3.63) is 12.7 Å². The van der Waals surface area contributed by atoms with Crippen molar-refractivity contribution < 1.29 is 0 Å². The van der Waals surface area contributed by atoms with Gasteiger partial charge in [-0.25, -0.2) is 0 Å². The van der Waals surface area contributed by atoms with Crippen molar-refractivity contribution in [3.63, 3.8) is 0 Å². The van der Waals surface area contributed by atoms with Crippen molar-refractivity contribution in [2.24, 2.45) is 16.1 Å². The lowest BCUT2D eigenvalue weighted by atomic mass is 9.94. The minimum atomic E-state index is 0.0369. The van der Waals surface area contributed by atoms with Crippen LogP contribution in [0.15, 0.2) is 17.6 Å². The first-order valence-corrected chi connectivity index (χ1v) is 6.47. The van der Waals surface area contributed by atoms with Crippen LogP contribution in [-0.4, -0.2) is 42.0 Å². The molecule has 1 rings (SSSR count). The lowest BCUT2D eigenvalue weighted by Gasteiger charge is -2.28. The molecule has 4 heteroatoms. The molecule has 0 aromatic heterocycles. The molecule has 0 aromatic rings. The molecule has 0 atom stereocenters. The highest BCUT2D eigenvalue weighted by atomic mass is 32.2. The van der Waals surface area contributed by atoms with E-state index in [1.807, 2.05) is 17.8 Å². The van der Waals surface area contributed by atoms with Gasteiger partial charge in [0.2, 0.25) is 0 Å². The third-order valence-electron chi connectivity index (χ3n) is 2.54. The van der Waals surface area contributed by atoms with Gasteiger partial charge in [-0.05, 0) is 0 Å². The molecular formula is C11H21N3S. The Kier molecular flexibility index (Phi) is 4.51. The van der Waals surface area contributed by atoms with E-state index in [0.29, 0.717) is 12.5 Å². The van der Waals surface area contributed by atoms with E-state index in [1.165, 1.54) is 0 Å². The van der Waals surface area contributed by atoms with Gasteiger partial charge in [0.05, 0.1) is 6.54 Å². The van der Waals surface area contributed by atoms with Crippen LogP contribution in [0.5, 0.6) is 0 Å². The van der Waals surface area contributed by atoms with Crippen LogP contribution in [-0.2, 0) is 0 Å². The Morgan fingerprint density at radius 1 is 1.53 bits per heavy atom. The first-order chi connectivity index (χ1) is 7.05. The fourth-order valence-electron chi connectivity index (χ4n) is 1.24. The molecule has 1 aliphatic rings. The summed E-state index contributed by atoms with van der Waals surface area (Å²) in [6.45, 7) is 10.8. The number of thioether (sulfide) groups is 1. The topological polar surface area (TPSA) is 41.6 Å². The lowest BCUT2D eigenvalue weighted by molar-refractivity contribution is 0.444. The summed E-state index contributed by atoms with van der Waals surface area (Å²) in [5.74, 6) is 2.99. The molecule has 0 aliphatic carbocycles. The summed E-state index contributed by atoms with van der Waals surface area (Å²) in [6.07, 6.45) is 1.93. The second-order valence-corrected chi connectivity index (χ2v) is 5.69. The van der Waals surface area contributed by atoms with E-state index in [-0.39, 0.29) is 5.41 Å². The van der Waals surface area contributed by atoms with E-state index in [2.05, 4.69) is 30.3 Å². The SMILES string of the molecule is C=CC(C)(C)CN=C(N)N1CCSCC1. The van der Waals surface area contributed by atoms with Crippen LogP contribution in [0.4, 0.5) is 0 Å². The number of hydrogen-bond acceptors (Lipinski definition) is 2. The summed E-state index contributed by atoms with van der Waals surface area (Å²) in [7, 11) is 0. The van der Waals surface area contributed by atoms with Gasteiger partial charge in [0.1, 0.15) is 0 Å². The van der Waals surface area contributed by atoms with E-state index in [4.69, 9.17) is 5.73 Å². The van der Waals surface area contributed by atoms with Crippen LogP contribution in [0, 0.1) is 5.41 Å². The van der Waals surface area contributed by atoms with Crippen molar-refractivity contribution in [2.75, 3.05) is 31.1 Å². The molecule has 2 N–H and O–H groups in total. The first-order valence-electron chi connectivity index (χ1n) is 5.31. The van der Waals surface area contributed by atoms with Crippen molar-refractivity contribution in [3.8, 4) is 0 Å². The maximum Gasteiger partial charge on any atom is 0.191 e. The maximum absolute atomic E-state index is 5.94. The van der Waals surface area contributed by atoms with Crippen LogP contribution >= 0.6 is 11.8 Å². The van der Waals surface area contributed by atoms with E-state index in [9.17, 15) is 0 Å². The molecule has 0 bridgehead atoms. The molecule has 0 saturated carbocycles. The molecule has 86 valence electrons. The Morgan fingerprint density at radius 3 is 2.67 bits per heavy atom. The van der Waals surface area contributed by atoms with Crippen LogP contribution < -0.4 is 5.73 Å². The third-order valence-corrected chi connectivity index (χ3v) is 3.48. The number of guanidine groups is 1. The lowest BCUT2D eigenvalue weighted by Crippen LogP contribution is -2.43. The Labute approximate surface area is 96.8 Å². The van der Waals surface area contributed by atoms with Gasteiger partial charge < -0.3 is 10.6 Å². The Bertz CT molecular complexity index is 242. The Morgan fingerprint density at radius 2 is 2.13 bits per heavy atom. The summed E-state index contributed by atoms with van der Waals surface area (Å²) in [5, 5.41) is 0. The fourth-order valence-corrected chi connectivity index (χ4v) is 2.14. The zero-order valence-electron chi connectivity index (χ0n) is 9.70. The predicted molar refractivity (Wildman–Crippen MR) is 69.4 cm³/mol. The molecule has 0 amide bonds. The first kappa shape index (κ1) is 12.4. The molecule has 1 fully saturated rings. The molecule has 1 aliphatic heterocycles. The Balaban J connectivity index is 2.47. The average molecular weight is 227 g/mol. The van der Waals surface area contributed by atoms with E-state index < -0.39 is 0 Å². The largest absolute Gasteiger partial charge is 0.370 e. The molecule has 1 heterocycles. The number of rotatable bonds is 3. The second-order valence-electron chi connectivity index (χ2n) is 4.47. The molecule has 1 saturated heterocycles. The summed E-state index contributed by atoms with van der Waals surface area (Å²) in [4.78, 5) is 6.59. The van der Waals surface area contributed by atoms with Gasteiger partial charge in [0.25, 0.3) is 0 Å². The van der Waals surface area contributed by atoms with Gasteiger partial charge in [0.15, 0.2) is 5.96 Å². The quantitative estimate of drug-likeness (QED) is 0.452. The smallest absolute Gasteiger partial charge is 0.191 e. The van der Waals surface area contributed by atoms with Gasteiger partial charge in [0, 0.05) is 30.0 Å². The van der Waals surface area contributed by atoms with Crippen LogP contribution in [0.3, 0.4) is 0 Å². The average Bonchev–Trinajstić information content (AvgIpc) is 2.27. The highest BCUT2D eigenvalue weighted by molar-refractivity contribution is 7.99. The zero-order chi connectivity index (χ0) is 11.3. The normalized spacial score (nSPS) is 19.1. The minimum absolute atomic E-state index is 0.0369. The molecule has 0 aromatic carbocycles. The van der Waals surface area contributed by atoms with E-state index in [1.54, 1.807) is 0 Å². The maximum atomic E-state index is 5.94. The van der Waals surface area contributed by atoms with Gasteiger partial charge in [-0.2, -0.15) is 11.8 Å². The van der Waals surface area contributed by atoms with Crippen molar-refractivity contribution in [1.29, 1.82) is 0 Å². The van der Waals surface area contributed by atoms with Crippen molar-refractivity contribution in [2.45, 2.75) is 13.8 Å². The molecule has 0 radical (unpaired) electrons. The van der Waals surface area contributed by atoms with Gasteiger partial charge in [-0.15, -0.1) is 6.58 Å². The summed E-state index contributed by atoms with van der Waals surface area (Å²) in [6, 6.07) is 0. The molecule has 3 nitrogen and oxygen atoms in total. The van der Waals surface area contributed by atoms with E-state index in [0.717, 1.165) is 24.6 Å². The van der Waals surface area contributed by atoms with Gasteiger partial charge in [-0.1, -0.05) is 19.9 Å². The monoisotopic (exact) mass is 227 g/mol.